The average molecular weight is 434 g/mol. The second-order valence-corrected chi connectivity index (χ2v) is 7.66. The maximum Gasteiger partial charge on any atom is 0.344 e. The van der Waals surface area contributed by atoms with Crippen LogP contribution in [0, 0.1) is 5.92 Å². The van der Waals surface area contributed by atoms with E-state index in [1.807, 2.05) is 38.1 Å². The zero-order valence-corrected chi connectivity index (χ0v) is 18.6. The fourth-order valence-electron chi connectivity index (χ4n) is 3.45. The Labute approximate surface area is 185 Å². The van der Waals surface area contributed by atoms with E-state index >= 15 is 0 Å². The molecule has 0 amide bonds. The normalized spacial score (nSPS) is 12.1. The van der Waals surface area contributed by atoms with Crippen LogP contribution in [0.1, 0.15) is 30.6 Å². The Morgan fingerprint density at radius 3 is 2.28 bits per heavy atom. The van der Waals surface area contributed by atoms with Gasteiger partial charge in [-0.05, 0) is 18.1 Å². The van der Waals surface area contributed by atoms with E-state index in [0.717, 1.165) is 6.42 Å². The largest absolute Gasteiger partial charge is 0.497 e. The highest BCUT2D eigenvalue weighted by molar-refractivity contribution is 6.09. The zero-order chi connectivity index (χ0) is 22.8. The summed E-state index contributed by atoms with van der Waals surface area (Å²) in [5.74, 6) is 1.07. The number of rotatable bonds is 7. The van der Waals surface area contributed by atoms with Gasteiger partial charge < -0.3 is 19.9 Å². The maximum atomic E-state index is 13.1. The van der Waals surface area contributed by atoms with Crippen LogP contribution in [0.2, 0.25) is 0 Å². The van der Waals surface area contributed by atoms with Gasteiger partial charge in [0.15, 0.2) is 5.65 Å². The molecule has 166 valence electrons. The number of anilines is 1. The van der Waals surface area contributed by atoms with Gasteiger partial charge in [0.2, 0.25) is 0 Å². The van der Waals surface area contributed by atoms with Gasteiger partial charge in [0.1, 0.15) is 28.4 Å². The number of ether oxygens (including phenoxy) is 3. The van der Waals surface area contributed by atoms with Crippen LogP contribution in [0.25, 0.3) is 27.9 Å². The molecule has 0 saturated carbocycles. The Balaban J connectivity index is 1.98. The summed E-state index contributed by atoms with van der Waals surface area (Å²) < 4.78 is 18.1. The van der Waals surface area contributed by atoms with Gasteiger partial charge in [-0.2, -0.15) is 0 Å². The van der Waals surface area contributed by atoms with Gasteiger partial charge >= 0.3 is 5.97 Å². The van der Waals surface area contributed by atoms with Crippen LogP contribution in [-0.4, -0.2) is 41.3 Å². The number of nitrogen functional groups attached to an aromatic ring is 1. The molecule has 0 saturated heterocycles. The quantitative estimate of drug-likeness (QED) is 0.431. The number of esters is 1. The molecule has 0 fully saturated rings. The molecule has 2 N–H and O–H groups in total. The number of nitrogens with two attached hydrogens (primary N) is 1. The first-order valence-electron chi connectivity index (χ1n) is 10.4. The minimum atomic E-state index is -0.522. The Morgan fingerprint density at radius 1 is 1.06 bits per heavy atom. The second kappa shape index (κ2) is 8.74. The number of nitrogens with zero attached hydrogens (tertiary/aromatic N) is 3. The molecule has 4 rings (SSSR count). The highest BCUT2D eigenvalue weighted by Crippen LogP contribution is 2.34. The molecule has 0 aliphatic rings. The number of para-hydroxylation sites is 2. The lowest BCUT2D eigenvalue weighted by molar-refractivity contribution is 0.0450. The molecule has 8 heteroatoms. The molecule has 0 aliphatic heterocycles. The second-order valence-electron chi connectivity index (χ2n) is 7.66. The fourth-order valence-corrected chi connectivity index (χ4v) is 3.45. The van der Waals surface area contributed by atoms with E-state index in [9.17, 15) is 4.79 Å². The molecule has 1 atom stereocenters. The molecular weight excluding hydrogens is 408 g/mol. The summed E-state index contributed by atoms with van der Waals surface area (Å²) in [5, 5.41) is 0. The predicted octanol–water partition coefficient (Wildman–Crippen LogP) is 4.38. The molecule has 0 spiro atoms. The van der Waals surface area contributed by atoms with Crippen molar-refractivity contribution in [2.24, 2.45) is 5.92 Å². The summed E-state index contributed by atoms with van der Waals surface area (Å²) in [6.45, 7) is 4.37. The number of hydrogen-bond acceptors (Lipinski definition) is 7. The lowest BCUT2D eigenvalue weighted by Crippen LogP contribution is -2.13. The first-order valence-corrected chi connectivity index (χ1v) is 10.4. The first kappa shape index (κ1) is 21.4. The summed E-state index contributed by atoms with van der Waals surface area (Å²) in [7, 11) is 3.14. The number of methoxy groups -OCH3 is 2. The Kier molecular flexibility index (Phi) is 5.85. The van der Waals surface area contributed by atoms with Gasteiger partial charge in [-0.15, -0.1) is 0 Å². The number of hydrogen-bond donors (Lipinski definition) is 1. The first-order chi connectivity index (χ1) is 15.5. The standard InChI is InChI=1S/C24H26N4O4/c1-5-14(2)13-32-24(29)20-21-23(27-19-9-7-6-8-18(19)26-21)28(22(20)25)15-10-16(30-3)12-17(11-15)31-4/h6-12,14H,5,13,25H2,1-4H3/t14-/m1/s1. The van der Waals surface area contributed by atoms with Crippen molar-refractivity contribution in [3.05, 3.63) is 48.0 Å². The van der Waals surface area contributed by atoms with E-state index in [0.29, 0.717) is 46.0 Å². The van der Waals surface area contributed by atoms with Crippen molar-refractivity contribution in [3.63, 3.8) is 0 Å². The number of benzene rings is 2. The topological polar surface area (TPSA) is 101 Å². The van der Waals surface area contributed by atoms with E-state index in [2.05, 4.69) is 0 Å². The Hall–Kier alpha value is -3.81. The van der Waals surface area contributed by atoms with Crippen molar-refractivity contribution in [2.75, 3.05) is 26.6 Å². The molecule has 8 nitrogen and oxygen atoms in total. The van der Waals surface area contributed by atoms with Crippen molar-refractivity contribution >= 4 is 34.0 Å². The molecule has 0 aliphatic carbocycles. The summed E-state index contributed by atoms with van der Waals surface area (Å²) in [6.07, 6.45) is 0.901. The third kappa shape index (κ3) is 3.79. The number of fused-ring (bicyclic) bond motifs is 2. The van der Waals surface area contributed by atoms with Crippen LogP contribution in [-0.2, 0) is 4.74 Å². The third-order valence-electron chi connectivity index (χ3n) is 5.49. The average Bonchev–Trinajstić information content (AvgIpc) is 3.10. The summed E-state index contributed by atoms with van der Waals surface area (Å²) in [6, 6.07) is 12.8. The predicted molar refractivity (Wildman–Crippen MR) is 124 cm³/mol. The van der Waals surface area contributed by atoms with Crippen molar-refractivity contribution in [1.82, 2.24) is 14.5 Å². The smallest absolute Gasteiger partial charge is 0.344 e. The van der Waals surface area contributed by atoms with Gasteiger partial charge in [-0.3, -0.25) is 4.57 Å². The lowest BCUT2D eigenvalue weighted by Gasteiger charge is -2.12. The molecule has 2 aromatic heterocycles. The summed E-state index contributed by atoms with van der Waals surface area (Å²) >= 11 is 0. The Bertz CT molecular complexity index is 1280. The highest BCUT2D eigenvalue weighted by Gasteiger charge is 2.26. The van der Waals surface area contributed by atoms with Gasteiger partial charge in [0.05, 0.1) is 37.5 Å². The van der Waals surface area contributed by atoms with Crippen molar-refractivity contribution in [3.8, 4) is 17.2 Å². The number of carbonyl (C=O) groups excluding carboxylic acids is 1. The zero-order valence-electron chi connectivity index (χ0n) is 18.6. The van der Waals surface area contributed by atoms with E-state index in [1.165, 1.54) is 0 Å². The van der Waals surface area contributed by atoms with Gasteiger partial charge in [0, 0.05) is 18.2 Å². The van der Waals surface area contributed by atoms with E-state index < -0.39 is 5.97 Å². The van der Waals surface area contributed by atoms with Crippen LogP contribution in [0.4, 0.5) is 5.82 Å². The van der Waals surface area contributed by atoms with Crippen molar-refractivity contribution in [1.29, 1.82) is 0 Å². The number of aromatic nitrogens is 3. The van der Waals surface area contributed by atoms with Gasteiger partial charge in [-0.1, -0.05) is 32.4 Å². The minimum Gasteiger partial charge on any atom is -0.497 e. The van der Waals surface area contributed by atoms with Crippen molar-refractivity contribution in [2.45, 2.75) is 20.3 Å². The van der Waals surface area contributed by atoms with E-state index in [-0.39, 0.29) is 17.3 Å². The van der Waals surface area contributed by atoms with Crippen LogP contribution < -0.4 is 15.2 Å². The molecule has 0 radical (unpaired) electrons. The van der Waals surface area contributed by atoms with Crippen LogP contribution >= 0.6 is 0 Å². The molecule has 2 heterocycles. The van der Waals surface area contributed by atoms with Gasteiger partial charge in [0.25, 0.3) is 0 Å². The summed E-state index contributed by atoms with van der Waals surface area (Å²) in [5.41, 5.74) is 9.55. The van der Waals surface area contributed by atoms with Crippen LogP contribution in [0.5, 0.6) is 11.5 Å². The third-order valence-corrected chi connectivity index (χ3v) is 5.49. The van der Waals surface area contributed by atoms with E-state index in [1.54, 1.807) is 37.0 Å². The number of carbonyl (C=O) groups is 1. The van der Waals surface area contributed by atoms with Crippen molar-refractivity contribution < 1.29 is 19.0 Å². The minimum absolute atomic E-state index is 0.194. The van der Waals surface area contributed by atoms with Gasteiger partial charge in [-0.25, -0.2) is 14.8 Å². The van der Waals surface area contributed by atoms with E-state index in [4.69, 9.17) is 29.9 Å². The lowest BCUT2D eigenvalue weighted by atomic mass is 10.1. The molecule has 0 bridgehead atoms. The van der Waals surface area contributed by atoms with Crippen LogP contribution in [0.15, 0.2) is 42.5 Å². The molecule has 2 aromatic carbocycles. The highest BCUT2D eigenvalue weighted by atomic mass is 16.5. The molecular formula is C24H26N4O4. The monoisotopic (exact) mass is 434 g/mol. The fraction of sp³-hybridized carbons (Fsp3) is 0.292. The van der Waals surface area contributed by atoms with Crippen LogP contribution in [0.3, 0.4) is 0 Å². The summed E-state index contributed by atoms with van der Waals surface area (Å²) in [4.78, 5) is 22.6. The Morgan fingerprint density at radius 2 is 1.69 bits per heavy atom. The molecule has 4 aromatic rings. The maximum absolute atomic E-state index is 13.1. The molecule has 32 heavy (non-hydrogen) atoms. The SMILES string of the molecule is CC[C@@H](C)COC(=O)c1c(N)n(-c2cc(OC)cc(OC)c2)c2nc3ccccc3nc12. The molecule has 0 unspecified atom stereocenters.